The molecule has 1 aliphatic heterocycles. The van der Waals surface area contributed by atoms with Crippen LogP contribution < -0.4 is 19.7 Å². The highest BCUT2D eigenvalue weighted by atomic mass is 32.1. The fourth-order valence-corrected chi connectivity index (χ4v) is 4.63. The predicted molar refractivity (Wildman–Crippen MR) is 117 cm³/mol. The summed E-state index contributed by atoms with van der Waals surface area (Å²) in [5.41, 5.74) is 0.598. The first-order valence-corrected chi connectivity index (χ1v) is 10.6. The van der Waals surface area contributed by atoms with Crippen molar-refractivity contribution in [2.45, 2.75) is 25.8 Å². The van der Waals surface area contributed by atoms with Crippen molar-refractivity contribution in [2.75, 3.05) is 31.7 Å². The molecule has 3 rings (SSSR count). The number of hydrogen-bond donors (Lipinski definition) is 0. The van der Waals surface area contributed by atoms with E-state index >= 15 is 0 Å². The van der Waals surface area contributed by atoms with Gasteiger partial charge in [-0.05, 0) is 37.0 Å². The van der Waals surface area contributed by atoms with Gasteiger partial charge in [0.25, 0.3) is 11.2 Å². The van der Waals surface area contributed by atoms with Crippen molar-refractivity contribution in [1.82, 2.24) is 4.57 Å². The van der Waals surface area contributed by atoms with E-state index in [-0.39, 0.29) is 21.5 Å². The molecule has 2 heterocycles. The Morgan fingerprint density at radius 3 is 2.65 bits per heavy atom. The standard InChI is InChI=1S/C21H21N5O4S/c1-30-10-4-9-25-20(27)19(31-21(25)16(13-22)14-23)12-15-5-6-17(18(11-15)26(28)29)24-7-2-3-8-24/h5-6,11-12H,2-4,7-10H2,1H3. The molecule has 1 aromatic carbocycles. The molecule has 2 aromatic rings. The molecule has 0 N–H and O–H groups in total. The van der Waals surface area contributed by atoms with Crippen molar-refractivity contribution in [2.24, 2.45) is 0 Å². The third-order valence-corrected chi connectivity index (χ3v) is 6.15. The minimum Gasteiger partial charge on any atom is -0.385 e. The molecule has 0 radical (unpaired) electrons. The highest BCUT2D eigenvalue weighted by molar-refractivity contribution is 7.07. The van der Waals surface area contributed by atoms with Gasteiger partial charge >= 0.3 is 0 Å². The minimum atomic E-state index is -0.412. The van der Waals surface area contributed by atoms with E-state index in [9.17, 15) is 25.4 Å². The molecule has 10 heteroatoms. The van der Waals surface area contributed by atoms with Crippen molar-refractivity contribution < 1.29 is 9.66 Å². The topological polar surface area (TPSA) is 125 Å². The van der Waals surface area contributed by atoms with E-state index in [1.165, 1.54) is 10.6 Å². The Morgan fingerprint density at radius 2 is 2.03 bits per heavy atom. The molecular formula is C21H21N5O4S. The Morgan fingerprint density at radius 1 is 1.32 bits per heavy atom. The summed E-state index contributed by atoms with van der Waals surface area (Å²) in [6, 6.07) is 8.58. The molecule has 1 aromatic heterocycles. The second kappa shape index (κ2) is 10.0. The quantitative estimate of drug-likeness (QED) is 0.363. The van der Waals surface area contributed by atoms with Gasteiger partial charge < -0.3 is 9.64 Å². The molecule has 0 unspecified atom stereocenters. The number of nitro benzene ring substituents is 1. The number of nitriles is 2. The molecule has 31 heavy (non-hydrogen) atoms. The zero-order valence-corrected chi connectivity index (χ0v) is 17.9. The van der Waals surface area contributed by atoms with Crippen molar-refractivity contribution in [3.8, 4) is 12.1 Å². The summed E-state index contributed by atoms with van der Waals surface area (Å²) in [6.07, 6.45) is 4.11. The lowest BCUT2D eigenvalue weighted by Gasteiger charge is -2.17. The zero-order chi connectivity index (χ0) is 22.4. The highest BCUT2D eigenvalue weighted by Crippen LogP contribution is 2.31. The molecular weight excluding hydrogens is 418 g/mol. The normalized spacial score (nSPS) is 13.8. The first-order chi connectivity index (χ1) is 15.0. The van der Waals surface area contributed by atoms with Crippen molar-refractivity contribution in [3.63, 3.8) is 0 Å². The number of anilines is 1. The minimum absolute atomic E-state index is 0.00542. The summed E-state index contributed by atoms with van der Waals surface area (Å²) in [6.45, 7) is 2.29. The van der Waals surface area contributed by atoms with E-state index in [1.54, 1.807) is 25.3 Å². The lowest BCUT2D eigenvalue weighted by Crippen LogP contribution is -2.32. The van der Waals surface area contributed by atoms with Gasteiger partial charge in [-0.2, -0.15) is 10.5 Å². The fraction of sp³-hybridized carbons (Fsp3) is 0.381. The van der Waals surface area contributed by atoms with E-state index < -0.39 is 4.92 Å². The van der Waals surface area contributed by atoms with Crippen LogP contribution in [0.25, 0.3) is 11.6 Å². The summed E-state index contributed by atoms with van der Waals surface area (Å²) < 4.78 is 7.00. The van der Waals surface area contributed by atoms with Crippen molar-refractivity contribution in [1.29, 1.82) is 10.5 Å². The van der Waals surface area contributed by atoms with Gasteiger partial charge in [0.05, 0.1) is 9.46 Å². The Labute approximate surface area is 182 Å². The first kappa shape index (κ1) is 22.2. The molecule has 0 saturated carbocycles. The summed E-state index contributed by atoms with van der Waals surface area (Å²) >= 11 is 1.03. The number of methoxy groups -OCH3 is 1. The SMILES string of the molecule is COCCCn1c(=C(C#N)C#N)sc(=Cc2ccc(N3CCCC3)c([N+](=O)[O-])c2)c1=O. The van der Waals surface area contributed by atoms with E-state index in [0.29, 0.717) is 35.4 Å². The Bertz CT molecular complexity index is 1230. The second-order valence-corrected chi connectivity index (χ2v) is 8.05. The zero-order valence-electron chi connectivity index (χ0n) is 17.0. The van der Waals surface area contributed by atoms with E-state index in [2.05, 4.69) is 0 Å². The smallest absolute Gasteiger partial charge is 0.293 e. The summed E-state index contributed by atoms with van der Waals surface area (Å²) in [5.74, 6) is 0. The van der Waals surface area contributed by atoms with Crippen molar-refractivity contribution in [3.05, 3.63) is 53.4 Å². The molecule has 0 atom stereocenters. The Kier molecular flexibility index (Phi) is 7.19. The average Bonchev–Trinajstić information content (AvgIpc) is 3.39. The van der Waals surface area contributed by atoms with Gasteiger partial charge in [0, 0.05) is 39.4 Å². The second-order valence-electron chi connectivity index (χ2n) is 7.02. The summed E-state index contributed by atoms with van der Waals surface area (Å²) in [7, 11) is 1.55. The average molecular weight is 439 g/mol. The lowest BCUT2D eigenvalue weighted by molar-refractivity contribution is -0.384. The largest absolute Gasteiger partial charge is 0.385 e. The van der Waals surface area contributed by atoms with Crippen LogP contribution in [0, 0.1) is 32.8 Å². The van der Waals surface area contributed by atoms with Crippen LogP contribution in [0.1, 0.15) is 24.8 Å². The van der Waals surface area contributed by atoms with Crippen LogP contribution in [0.3, 0.4) is 0 Å². The molecule has 0 aliphatic carbocycles. The molecule has 9 nitrogen and oxygen atoms in total. The number of thiazole rings is 1. The van der Waals surface area contributed by atoms with Crippen molar-refractivity contribution >= 4 is 34.4 Å². The maximum atomic E-state index is 12.9. The third-order valence-electron chi connectivity index (χ3n) is 5.02. The maximum Gasteiger partial charge on any atom is 0.293 e. The molecule has 0 bridgehead atoms. The molecule has 0 amide bonds. The molecule has 1 aliphatic rings. The van der Waals surface area contributed by atoms with E-state index in [0.717, 1.165) is 37.3 Å². The van der Waals surface area contributed by atoms with E-state index in [1.807, 2.05) is 17.0 Å². The molecule has 1 saturated heterocycles. The molecule has 1 fully saturated rings. The van der Waals surface area contributed by atoms with E-state index in [4.69, 9.17) is 4.74 Å². The van der Waals surface area contributed by atoms with Crippen LogP contribution in [-0.2, 0) is 11.3 Å². The number of benzene rings is 1. The Balaban J connectivity index is 2.12. The van der Waals surface area contributed by atoms with Crippen LogP contribution in [0.4, 0.5) is 11.4 Å². The van der Waals surface area contributed by atoms with Gasteiger partial charge in [0.15, 0.2) is 5.57 Å². The van der Waals surface area contributed by atoms with Crippen LogP contribution in [0.5, 0.6) is 0 Å². The number of nitro groups is 1. The van der Waals surface area contributed by atoms with Crippen LogP contribution in [-0.4, -0.2) is 36.3 Å². The van der Waals surface area contributed by atoms with Crippen LogP contribution >= 0.6 is 11.3 Å². The number of rotatable bonds is 7. The van der Waals surface area contributed by atoms with Gasteiger partial charge in [-0.3, -0.25) is 19.5 Å². The maximum absolute atomic E-state index is 12.9. The van der Waals surface area contributed by atoms with Gasteiger partial charge in [0.2, 0.25) is 0 Å². The van der Waals surface area contributed by atoms with Gasteiger partial charge in [-0.1, -0.05) is 6.07 Å². The number of hydrogen-bond acceptors (Lipinski definition) is 8. The monoisotopic (exact) mass is 439 g/mol. The van der Waals surface area contributed by atoms with Crippen LogP contribution in [0.2, 0.25) is 0 Å². The Hall–Kier alpha value is -3.47. The first-order valence-electron chi connectivity index (χ1n) is 9.78. The molecule has 0 spiro atoms. The predicted octanol–water partition coefficient (Wildman–Crippen LogP) is 1.48. The highest BCUT2D eigenvalue weighted by Gasteiger charge is 2.22. The van der Waals surface area contributed by atoms with Gasteiger partial charge in [-0.15, -0.1) is 11.3 Å². The number of aromatic nitrogens is 1. The third kappa shape index (κ3) is 4.82. The van der Waals surface area contributed by atoms with Crippen LogP contribution in [0.15, 0.2) is 23.0 Å². The van der Waals surface area contributed by atoms with Gasteiger partial charge in [-0.25, -0.2) is 0 Å². The fourth-order valence-electron chi connectivity index (χ4n) is 3.55. The number of nitrogens with zero attached hydrogens (tertiary/aromatic N) is 5. The van der Waals surface area contributed by atoms with Gasteiger partial charge in [0.1, 0.15) is 22.5 Å². The molecule has 160 valence electrons. The lowest BCUT2D eigenvalue weighted by atomic mass is 10.1. The summed E-state index contributed by atoms with van der Waals surface area (Å²) in [5, 5.41) is 30.2. The number of ether oxygens (including phenoxy) is 1. The summed E-state index contributed by atoms with van der Waals surface area (Å²) in [4.78, 5) is 26.2.